The molecule has 2 aliphatic rings. The molecule has 1 aromatic heterocycles. The first-order valence-electron chi connectivity index (χ1n) is 14.3. The quantitative estimate of drug-likeness (QED) is 0.242. The molecule has 0 radical (unpaired) electrons. The van der Waals surface area contributed by atoms with Crippen LogP contribution in [-0.4, -0.2) is 39.9 Å². The van der Waals surface area contributed by atoms with Crippen molar-refractivity contribution in [3.05, 3.63) is 101 Å². The Morgan fingerprint density at radius 2 is 1.88 bits per heavy atom. The molecule has 7 nitrogen and oxygen atoms in total. The lowest BCUT2D eigenvalue weighted by Crippen LogP contribution is -2.36. The number of ether oxygens (including phenoxy) is 1. The summed E-state index contributed by atoms with van der Waals surface area (Å²) in [4.78, 5) is 26.9. The third kappa shape index (κ3) is 5.24. The van der Waals surface area contributed by atoms with E-state index in [2.05, 4.69) is 44.1 Å². The molecule has 2 unspecified atom stereocenters. The lowest BCUT2D eigenvalue weighted by Gasteiger charge is -2.30. The first kappa shape index (κ1) is 26.8. The van der Waals surface area contributed by atoms with Gasteiger partial charge in [-0.2, -0.15) is 5.10 Å². The van der Waals surface area contributed by atoms with Crippen LogP contribution in [0.15, 0.2) is 73.1 Å². The second-order valence-electron chi connectivity index (χ2n) is 11.4. The van der Waals surface area contributed by atoms with Crippen molar-refractivity contribution in [2.24, 2.45) is 11.8 Å². The molecule has 210 valence electrons. The van der Waals surface area contributed by atoms with Crippen molar-refractivity contribution in [3.63, 3.8) is 0 Å². The van der Waals surface area contributed by atoms with Gasteiger partial charge in [0.1, 0.15) is 5.75 Å². The number of hydrogen-bond acceptors (Lipinski definition) is 4. The number of fused-ring (bicyclic) bond motifs is 3. The van der Waals surface area contributed by atoms with Gasteiger partial charge in [-0.3, -0.25) is 9.48 Å². The van der Waals surface area contributed by atoms with Crippen LogP contribution < -0.4 is 9.64 Å². The van der Waals surface area contributed by atoms with Gasteiger partial charge >= 0.3 is 5.97 Å². The number of benzene rings is 3. The summed E-state index contributed by atoms with van der Waals surface area (Å²) in [6.07, 6.45) is 4.98. The number of anilines is 1. The van der Waals surface area contributed by atoms with Crippen LogP contribution in [0, 0.1) is 25.7 Å². The summed E-state index contributed by atoms with van der Waals surface area (Å²) in [5.74, 6) is 1.51. The van der Waals surface area contributed by atoms with E-state index in [4.69, 9.17) is 4.74 Å². The Kier molecular flexibility index (Phi) is 7.12. The van der Waals surface area contributed by atoms with Crippen LogP contribution in [0.2, 0.25) is 0 Å². The number of carbonyl (C=O) groups excluding carboxylic acids is 1. The molecule has 1 fully saturated rings. The fourth-order valence-electron chi connectivity index (χ4n) is 6.24. The Morgan fingerprint density at radius 1 is 1.07 bits per heavy atom. The molecule has 1 saturated carbocycles. The number of rotatable bonds is 9. The number of amides is 1. The maximum Gasteiger partial charge on any atom is 0.335 e. The van der Waals surface area contributed by atoms with Crippen molar-refractivity contribution in [2.75, 3.05) is 18.1 Å². The Labute approximate surface area is 240 Å². The van der Waals surface area contributed by atoms with Crippen molar-refractivity contribution in [1.29, 1.82) is 0 Å². The van der Waals surface area contributed by atoms with E-state index < -0.39 is 5.97 Å². The molecular formula is C34H35N3O4. The monoisotopic (exact) mass is 549 g/mol. The lowest BCUT2D eigenvalue weighted by atomic mass is 9.92. The molecule has 7 heteroatoms. The van der Waals surface area contributed by atoms with Crippen molar-refractivity contribution >= 4 is 17.6 Å². The zero-order chi connectivity index (χ0) is 28.7. The third-order valence-corrected chi connectivity index (χ3v) is 8.77. The topological polar surface area (TPSA) is 84.7 Å². The molecule has 3 atom stereocenters. The maximum atomic E-state index is 13.5. The number of nitrogens with zero attached hydrogens (tertiary/aromatic N) is 3. The molecule has 1 N–H and O–H groups in total. The smallest absolute Gasteiger partial charge is 0.335 e. The number of carbonyl (C=O) groups is 2. The molecule has 1 amide bonds. The standard InChI is InChI=1S/C34H35N3O4/c1-21-8-4-13-30(22(21)2)41-15-7-14-31(38)37-20-28-23(3)32(28)33-27(11-6-12-29(33)37)26-17-35-36(19-26)18-24-9-5-10-25(16-24)34(39)40/h4-6,8-13,16-17,19,23,28,32H,7,14-15,18,20H2,1-3H3,(H,39,40)/t23-,28?,32?/m0/s1. The minimum Gasteiger partial charge on any atom is -0.493 e. The van der Waals surface area contributed by atoms with Crippen molar-refractivity contribution in [1.82, 2.24) is 9.78 Å². The van der Waals surface area contributed by atoms with Crippen LogP contribution in [0.5, 0.6) is 5.75 Å². The van der Waals surface area contributed by atoms with E-state index in [0.717, 1.165) is 40.2 Å². The van der Waals surface area contributed by atoms with E-state index in [-0.39, 0.29) is 11.5 Å². The molecule has 3 aromatic carbocycles. The third-order valence-electron chi connectivity index (χ3n) is 8.77. The minimum absolute atomic E-state index is 0.138. The van der Waals surface area contributed by atoms with Gasteiger partial charge in [-0.15, -0.1) is 0 Å². The second kappa shape index (κ2) is 10.9. The highest BCUT2D eigenvalue weighted by Crippen LogP contribution is 2.61. The van der Waals surface area contributed by atoms with Crippen LogP contribution in [0.25, 0.3) is 11.1 Å². The average molecular weight is 550 g/mol. The maximum absolute atomic E-state index is 13.5. The molecule has 41 heavy (non-hydrogen) atoms. The van der Waals surface area contributed by atoms with Crippen molar-refractivity contribution in [2.45, 2.75) is 46.1 Å². The van der Waals surface area contributed by atoms with Crippen molar-refractivity contribution in [3.8, 4) is 16.9 Å². The molecule has 0 saturated heterocycles. The average Bonchev–Trinajstić information content (AvgIpc) is 3.39. The SMILES string of the molecule is Cc1cccc(OCCCC(=O)N2CC3C(c4c(-c5cnn(Cc6cccc(C(=O)O)c6)c5)cccc42)[C@H]3C)c1C. The Hall–Kier alpha value is -4.39. The molecule has 2 heterocycles. The Morgan fingerprint density at radius 3 is 2.71 bits per heavy atom. The van der Waals surface area contributed by atoms with Gasteiger partial charge in [0, 0.05) is 30.4 Å². The van der Waals surface area contributed by atoms with E-state index >= 15 is 0 Å². The van der Waals surface area contributed by atoms with Gasteiger partial charge in [0.15, 0.2) is 0 Å². The highest BCUT2D eigenvalue weighted by atomic mass is 16.5. The molecule has 0 bridgehead atoms. The number of carboxylic acids is 1. The highest BCUT2D eigenvalue weighted by Gasteiger charge is 2.54. The number of aromatic nitrogens is 2. The number of aromatic carboxylic acids is 1. The van der Waals surface area contributed by atoms with Gasteiger partial charge in [0.05, 0.1) is 24.9 Å². The summed E-state index contributed by atoms with van der Waals surface area (Å²) >= 11 is 0. The summed E-state index contributed by atoms with van der Waals surface area (Å²) in [7, 11) is 0. The number of carboxylic acid groups (broad SMARTS) is 1. The number of hydrogen-bond donors (Lipinski definition) is 1. The summed E-state index contributed by atoms with van der Waals surface area (Å²) in [5.41, 5.74) is 7.85. The van der Waals surface area contributed by atoms with Crippen LogP contribution in [0.4, 0.5) is 5.69 Å². The summed E-state index contributed by atoms with van der Waals surface area (Å²) in [5, 5.41) is 13.9. The largest absolute Gasteiger partial charge is 0.493 e. The normalized spacial score (nSPS) is 18.9. The van der Waals surface area contributed by atoms with E-state index in [1.807, 2.05) is 46.2 Å². The number of aryl methyl sites for hydroxylation is 1. The van der Waals surface area contributed by atoms with Crippen LogP contribution in [0.3, 0.4) is 0 Å². The zero-order valence-corrected chi connectivity index (χ0v) is 23.7. The fourth-order valence-corrected chi connectivity index (χ4v) is 6.24. The van der Waals surface area contributed by atoms with Crippen LogP contribution in [-0.2, 0) is 11.3 Å². The van der Waals surface area contributed by atoms with Gasteiger partial charge in [0.2, 0.25) is 5.91 Å². The summed E-state index contributed by atoms with van der Waals surface area (Å²) in [6.45, 7) is 8.16. The highest BCUT2D eigenvalue weighted by molar-refractivity contribution is 5.97. The first-order chi connectivity index (χ1) is 19.8. The van der Waals surface area contributed by atoms with Crippen molar-refractivity contribution < 1.29 is 19.4 Å². The fraction of sp³-hybridized carbons (Fsp3) is 0.324. The van der Waals surface area contributed by atoms with E-state index in [0.29, 0.717) is 43.7 Å². The van der Waals surface area contributed by atoms with E-state index in [9.17, 15) is 14.7 Å². The van der Waals surface area contributed by atoms with E-state index in [1.54, 1.807) is 18.2 Å². The van der Waals surface area contributed by atoms with E-state index in [1.165, 1.54) is 11.1 Å². The van der Waals surface area contributed by atoms with Gasteiger partial charge in [0.25, 0.3) is 0 Å². The van der Waals surface area contributed by atoms with Crippen LogP contribution in [0.1, 0.15) is 58.3 Å². The summed E-state index contributed by atoms with van der Waals surface area (Å²) < 4.78 is 7.84. The molecule has 0 spiro atoms. The molecule has 1 aliphatic carbocycles. The second-order valence-corrected chi connectivity index (χ2v) is 11.4. The first-order valence-corrected chi connectivity index (χ1v) is 14.3. The van der Waals surface area contributed by atoms with Gasteiger partial charge in [-0.05, 0) is 90.1 Å². The molecule has 1 aliphatic heterocycles. The molecular weight excluding hydrogens is 514 g/mol. The Balaban J connectivity index is 1.18. The predicted octanol–water partition coefficient (Wildman–Crippen LogP) is 6.47. The Bertz CT molecular complexity index is 1620. The van der Waals surface area contributed by atoms with Gasteiger partial charge in [-0.25, -0.2) is 4.79 Å². The molecule has 6 rings (SSSR count). The lowest BCUT2D eigenvalue weighted by molar-refractivity contribution is -0.119. The summed E-state index contributed by atoms with van der Waals surface area (Å²) in [6, 6.07) is 19.2. The zero-order valence-electron chi connectivity index (χ0n) is 23.7. The van der Waals surface area contributed by atoms with Gasteiger partial charge in [-0.1, -0.05) is 43.3 Å². The van der Waals surface area contributed by atoms with Crippen LogP contribution >= 0.6 is 0 Å². The predicted molar refractivity (Wildman–Crippen MR) is 159 cm³/mol. The minimum atomic E-state index is -0.940. The van der Waals surface area contributed by atoms with Gasteiger partial charge < -0.3 is 14.7 Å². The molecule has 4 aromatic rings.